The van der Waals surface area contributed by atoms with E-state index in [-0.39, 0.29) is 18.5 Å². The lowest BCUT2D eigenvalue weighted by atomic mass is 10.1. The first kappa shape index (κ1) is 25.6. The average molecular weight is 489 g/mol. The number of esters is 1. The molecule has 0 amide bonds. The number of methoxy groups -OCH3 is 1. The molecule has 3 rings (SSSR count). The number of aromatic nitrogens is 1. The Bertz CT molecular complexity index is 1190. The van der Waals surface area contributed by atoms with Crippen LogP contribution in [0.1, 0.15) is 25.3 Å². The lowest BCUT2D eigenvalue weighted by Gasteiger charge is -2.16. The zero-order chi connectivity index (χ0) is 24.6. The third-order valence-corrected chi connectivity index (χ3v) is 5.83. The first-order valence-corrected chi connectivity index (χ1v) is 13.1. The van der Waals surface area contributed by atoms with Crippen molar-refractivity contribution in [1.82, 2.24) is 4.57 Å². The molecule has 184 valence electrons. The van der Waals surface area contributed by atoms with Crippen LogP contribution in [0.5, 0.6) is 5.75 Å². The van der Waals surface area contributed by atoms with Crippen molar-refractivity contribution in [1.29, 1.82) is 0 Å². The highest BCUT2D eigenvalue weighted by Gasteiger charge is 2.15. The molecule has 1 N–H and O–H groups in total. The molecule has 3 aromatic rings. The van der Waals surface area contributed by atoms with Crippen LogP contribution in [0.4, 0.5) is 5.69 Å². The van der Waals surface area contributed by atoms with E-state index in [9.17, 15) is 13.2 Å². The fraction of sp³-hybridized carbons (Fsp3) is 0.400. The molecule has 0 aliphatic heterocycles. The third kappa shape index (κ3) is 7.78. The van der Waals surface area contributed by atoms with Gasteiger partial charge in [-0.25, -0.2) is 0 Å². The Morgan fingerprint density at radius 1 is 1.12 bits per heavy atom. The molecule has 0 spiro atoms. The van der Waals surface area contributed by atoms with Gasteiger partial charge < -0.3 is 23.5 Å². The summed E-state index contributed by atoms with van der Waals surface area (Å²) in [6.07, 6.45) is 4.64. The van der Waals surface area contributed by atoms with Crippen LogP contribution in [0.15, 0.2) is 54.7 Å². The lowest BCUT2D eigenvalue weighted by molar-refractivity contribution is -0.143. The van der Waals surface area contributed by atoms with E-state index in [1.165, 1.54) is 7.11 Å². The van der Waals surface area contributed by atoms with Gasteiger partial charge in [0, 0.05) is 42.5 Å². The summed E-state index contributed by atoms with van der Waals surface area (Å²) in [5, 5.41) is 4.36. The molecule has 0 fully saturated rings. The second-order valence-corrected chi connectivity index (χ2v) is 9.63. The van der Waals surface area contributed by atoms with E-state index < -0.39 is 10.1 Å². The average Bonchev–Trinajstić information content (AvgIpc) is 3.19. The minimum atomic E-state index is -3.54. The van der Waals surface area contributed by atoms with Gasteiger partial charge in [-0.2, -0.15) is 8.42 Å². The van der Waals surface area contributed by atoms with Crippen LogP contribution < -0.4 is 9.50 Å². The number of nitrogens with zero attached hydrogens (tertiary/aromatic N) is 1. The molecule has 9 heteroatoms. The van der Waals surface area contributed by atoms with Crippen molar-refractivity contribution < 1.29 is 26.9 Å². The van der Waals surface area contributed by atoms with Gasteiger partial charge in [0.1, 0.15) is 5.75 Å². The van der Waals surface area contributed by atoms with Crippen LogP contribution in [0, 0.1) is 0 Å². The predicted octanol–water partition coefficient (Wildman–Crippen LogP) is 3.99. The number of aryl methyl sites for hydroxylation is 1. The highest BCUT2D eigenvalue weighted by molar-refractivity contribution is 7.86. The summed E-state index contributed by atoms with van der Waals surface area (Å²) < 4.78 is 40.2. The molecular formula is C25H32N2O6S. The maximum Gasteiger partial charge on any atom is 0.308 e. The van der Waals surface area contributed by atoms with E-state index in [1.54, 1.807) is 12.1 Å². The largest absolute Gasteiger partial charge is 0.469 e. The van der Waals surface area contributed by atoms with Gasteiger partial charge in [-0.3, -0.25) is 4.79 Å². The lowest BCUT2D eigenvalue weighted by Crippen LogP contribution is -2.21. The van der Waals surface area contributed by atoms with Crippen molar-refractivity contribution in [3.8, 4) is 5.75 Å². The van der Waals surface area contributed by atoms with Gasteiger partial charge in [-0.05, 0) is 61.7 Å². The summed E-state index contributed by atoms with van der Waals surface area (Å²) in [6, 6.07) is 15.4. The first-order valence-electron chi connectivity index (χ1n) is 11.3. The molecule has 2 aromatic carbocycles. The summed E-state index contributed by atoms with van der Waals surface area (Å²) in [5.41, 5.74) is 3.16. The molecule has 0 saturated heterocycles. The standard InChI is InChI=1S/C25H32N2O6S/c1-4-32-23(18-25(28)31-2)16-19-6-8-21(9-7-19)26-13-5-14-27-15-12-20-17-22(10-11-24(20)27)33-34(3,29)30/h6-12,15,17,23,26H,4-5,13-14,16,18H2,1-3H3/t23-/m0/s1. The van der Waals surface area contributed by atoms with Crippen molar-refractivity contribution in [2.75, 3.05) is 31.8 Å². The van der Waals surface area contributed by atoms with Crippen LogP contribution in [0.25, 0.3) is 10.9 Å². The van der Waals surface area contributed by atoms with E-state index in [2.05, 4.69) is 9.88 Å². The molecule has 1 aromatic heterocycles. The number of nitrogens with one attached hydrogen (secondary N) is 1. The molecule has 0 bridgehead atoms. The van der Waals surface area contributed by atoms with Crippen molar-refractivity contribution >= 4 is 32.7 Å². The van der Waals surface area contributed by atoms with Crippen LogP contribution >= 0.6 is 0 Å². The number of carbonyl (C=O) groups is 1. The molecule has 0 unspecified atom stereocenters. The van der Waals surface area contributed by atoms with Crippen LogP contribution in [-0.4, -0.2) is 51.6 Å². The highest BCUT2D eigenvalue weighted by atomic mass is 32.2. The number of rotatable bonds is 13. The second-order valence-electron chi connectivity index (χ2n) is 8.06. The quantitative estimate of drug-likeness (QED) is 0.221. The minimum Gasteiger partial charge on any atom is -0.469 e. The second kappa shape index (κ2) is 11.9. The summed E-state index contributed by atoms with van der Waals surface area (Å²) >= 11 is 0. The molecular weight excluding hydrogens is 456 g/mol. The van der Waals surface area contributed by atoms with E-state index >= 15 is 0 Å². The van der Waals surface area contributed by atoms with Gasteiger partial charge in [-0.15, -0.1) is 0 Å². The normalized spacial score (nSPS) is 12.4. The topological polar surface area (TPSA) is 95.9 Å². The third-order valence-electron chi connectivity index (χ3n) is 5.34. The van der Waals surface area contributed by atoms with Crippen molar-refractivity contribution in [2.24, 2.45) is 0 Å². The fourth-order valence-electron chi connectivity index (χ4n) is 3.80. The maximum absolute atomic E-state index is 11.6. The Morgan fingerprint density at radius 3 is 2.56 bits per heavy atom. The number of anilines is 1. The van der Waals surface area contributed by atoms with Gasteiger partial charge in [0.05, 0.1) is 25.9 Å². The van der Waals surface area contributed by atoms with Gasteiger partial charge >= 0.3 is 16.1 Å². The molecule has 1 atom stereocenters. The first-order chi connectivity index (χ1) is 16.3. The number of hydrogen-bond acceptors (Lipinski definition) is 7. The van der Waals surface area contributed by atoms with Gasteiger partial charge in [0.15, 0.2) is 0 Å². The van der Waals surface area contributed by atoms with E-state index in [1.807, 2.05) is 49.5 Å². The zero-order valence-electron chi connectivity index (χ0n) is 19.8. The Hall–Kier alpha value is -3.04. The molecule has 1 heterocycles. The van der Waals surface area contributed by atoms with E-state index in [4.69, 9.17) is 13.7 Å². The Morgan fingerprint density at radius 2 is 1.88 bits per heavy atom. The Balaban J connectivity index is 1.48. The number of carbonyl (C=O) groups excluding carboxylic acids is 1. The summed E-state index contributed by atoms with van der Waals surface area (Å²) in [7, 11) is -2.15. The number of benzene rings is 2. The smallest absolute Gasteiger partial charge is 0.308 e. The fourth-order valence-corrected chi connectivity index (χ4v) is 4.25. The predicted molar refractivity (Wildman–Crippen MR) is 133 cm³/mol. The summed E-state index contributed by atoms with van der Waals surface area (Å²) in [6.45, 7) is 4.09. The van der Waals surface area contributed by atoms with Gasteiger partial charge in [0.25, 0.3) is 0 Å². The molecule has 8 nitrogen and oxygen atoms in total. The van der Waals surface area contributed by atoms with E-state index in [0.29, 0.717) is 18.8 Å². The molecule has 0 aliphatic rings. The highest BCUT2D eigenvalue weighted by Crippen LogP contribution is 2.23. The Labute approximate surface area is 200 Å². The zero-order valence-corrected chi connectivity index (χ0v) is 20.6. The van der Waals surface area contributed by atoms with Crippen molar-refractivity contribution in [2.45, 2.75) is 38.8 Å². The van der Waals surface area contributed by atoms with Gasteiger partial charge in [-0.1, -0.05) is 12.1 Å². The maximum atomic E-state index is 11.6. The molecule has 0 aliphatic carbocycles. The van der Waals surface area contributed by atoms with Crippen molar-refractivity contribution in [3.63, 3.8) is 0 Å². The Kier molecular flexibility index (Phi) is 8.95. The summed E-state index contributed by atoms with van der Waals surface area (Å²) in [5.74, 6) is 0.0469. The van der Waals surface area contributed by atoms with Crippen LogP contribution in [0.3, 0.4) is 0 Å². The van der Waals surface area contributed by atoms with Crippen LogP contribution in [0.2, 0.25) is 0 Å². The van der Waals surface area contributed by atoms with Crippen LogP contribution in [-0.2, 0) is 37.4 Å². The number of hydrogen-bond donors (Lipinski definition) is 1. The minimum absolute atomic E-state index is 0.193. The number of ether oxygens (including phenoxy) is 2. The monoisotopic (exact) mass is 488 g/mol. The summed E-state index contributed by atoms with van der Waals surface area (Å²) in [4.78, 5) is 11.6. The molecule has 34 heavy (non-hydrogen) atoms. The SMILES string of the molecule is CCO[C@H](CC(=O)OC)Cc1ccc(NCCCn2ccc3cc(OS(C)(=O)=O)ccc32)cc1. The van der Waals surface area contributed by atoms with Gasteiger partial charge in [0.2, 0.25) is 0 Å². The molecule has 0 radical (unpaired) electrons. The number of fused-ring (bicyclic) bond motifs is 1. The molecule has 0 saturated carbocycles. The van der Waals surface area contributed by atoms with E-state index in [0.717, 1.165) is 47.9 Å². The van der Waals surface area contributed by atoms with Crippen molar-refractivity contribution in [3.05, 3.63) is 60.3 Å².